The monoisotopic (exact) mass is 246 g/mol. The van der Waals surface area contributed by atoms with Gasteiger partial charge in [0.2, 0.25) is 5.91 Å². The SMILES string of the molecule is Cc1ccccc1CN(C)C(=O)CC(N)C1CC1. The van der Waals surface area contributed by atoms with Gasteiger partial charge in [-0.25, -0.2) is 0 Å². The quantitative estimate of drug-likeness (QED) is 0.864. The molecule has 0 aromatic heterocycles. The fraction of sp³-hybridized carbons (Fsp3) is 0.533. The van der Waals surface area contributed by atoms with Gasteiger partial charge in [0, 0.05) is 26.1 Å². The highest BCUT2D eigenvalue weighted by atomic mass is 16.2. The maximum Gasteiger partial charge on any atom is 0.224 e. The summed E-state index contributed by atoms with van der Waals surface area (Å²) in [5, 5.41) is 0. The summed E-state index contributed by atoms with van der Waals surface area (Å²) in [5.74, 6) is 0.735. The molecule has 1 atom stereocenters. The molecule has 3 heteroatoms. The second kappa shape index (κ2) is 5.53. The van der Waals surface area contributed by atoms with Gasteiger partial charge >= 0.3 is 0 Å². The van der Waals surface area contributed by atoms with Crippen molar-refractivity contribution in [2.45, 2.75) is 38.8 Å². The molecule has 1 aliphatic carbocycles. The van der Waals surface area contributed by atoms with Crippen LogP contribution >= 0.6 is 0 Å². The zero-order chi connectivity index (χ0) is 13.1. The Balaban J connectivity index is 1.88. The van der Waals surface area contributed by atoms with E-state index in [0.717, 1.165) is 0 Å². The summed E-state index contributed by atoms with van der Waals surface area (Å²) in [6.07, 6.45) is 2.86. The summed E-state index contributed by atoms with van der Waals surface area (Å²) >= 11 is 0. The molecule has 3 nitrogen and oxygen atoms in total. The van der Waals surface area contributed by atoms with Crippen LogP contribution in [-0.2, 0) is 11.3 Å². The van der Waals surface area contributed by atoms with Crippen LogP contribution in [0.5, 0.6) is 0 Å². The average Bonchev–Trinajstić information content (AvgIpc) is 3.15. The smallest absolute Gasteiger partial charge is 0.224 e. The molecule has 0 spiro atoms. The maximum atomic E-state index is 12.0. The van der Waals surface area contributed by atoms with Crippen molar-refractivity contribution in [3.05, 3.63) is 35.4 Å². The van der Waals surface area contributed by atoms with Gasteiger partial charge in [-0.3, -0.25) is 4.79 Å². The highest BCUT2D eigenvalue weighted by molar-refractivity contribution is 5.76. The van der Waals surface area contributed by atoms with Crippen LogP contribution in [0.4, 0.5) is 0 Å². The van der Waals surface area contributed by atoms with E-state index >= 15 is 0 Å². The Kier molecular flexibility index (Phi) is 4.02. The van der Waals surface area contributed by atoms with Crippen LogP contribution in [0.15, 0.2) is 24.3 Å². The molecule has 18 heavy (non-hydrogen) atoms. The summed E-state index contributed by atoms with van der Waals surface area (Å²) in [7, 11) is 1.86. The van der Waals surface area contributed by atoms with E-state index in [2.05, 4.69) is 19.1 Å². The van der Waals surface area contributed by atoms with Crippen LogP contribution in [-0.4, -0.2) is 23.9 Å². The highest BCUT2D eigenvalue weighted by Gasteiger charge is 2.30. The number of aryl methyl sites for hydroxylation is 1. The van der Waals surface area contributed by atoms with Crippen molar-refractivity contribution < 1.29 is 4.79 Å². The van der Waals surface area contributed by atoms with Gasteiger partial charge in [-0.2, -0.15) is 0 Å². The molecule has 1 fully saturated rings. The van der Waals surface area contributed by atoms with Gasteiger partial charge in [-0.15, -0.1) is 0 Å². The molecule has 2 rings (SSSR count). The Morgan fingerprint density at radius 1 is 1.44 bits per heavy atom. The average molecular weight is 246 g/mol. The first-order chi connectivity index (χ1) is 8.58. The van der Waals surface area contributed by atoms with Crippen molar-refractivity contribution in [2.24, 2.45) is 11.7 Å². The van der Waals surface area contributed by atoms with Crippen LogP contribution in [0.3, 0.4) is 0 Å². The van der Waals surface area contributed by atoms with Gasteiger partial charge in [0.15, 0.2) is 0 Å². The first-order valence-electron chi connectivity index (χ1n) is 6.62. The number of hydrogen-bond donors (Lipinski definition) is 1. The van der Waals surface area contributed by atoms with Gasteiger partial charge in [-0.05, 0) is 36.8 Å². The lowest BCUT2D eigenvalue weighted by Crippen LogP contribution is -2.34. The lowest BCUT2D eigenvalue weighted by molar-refractivity contribution is -0.130. The first-order valence-corrected chi connectivity index (χ1v) is 6.62. The summed E-state index contributed by atoms with van der Waals surface area (Å²) in [4.78, 5) is 13.8. The van der Waals surface area contributed by atoms with Gasteiger partial charge in [0.1, 0.15) is 0 Å². The third-order valence-electron chi connectivity index (χ3n) is 3.73. The van der Waals surface area contributed by atoms with Gasteiger partial charge in [0.05, 0.1) is 0 Å². The molecule has 98 valence electrons. The number of nitrogens with two attached hydrogens (primary N) is 1. The number of nitrogens with zero attached hydrogens (tertiary/aromatic N) is 1. The normalized spacial score (nSPS) is 16.4. The molecule has 1 unspecified atom stereocenters. The minimum atomic E-state index is 0.0526. The molecule has 2 N–H and O–H groups in total. The van der Waals surface area contributed by atoms with Crippen molar-refractivity contribution in [3.63, 3.8) is 0 Å². The molecule has 0 aliphatic heterocycles. The maximum absolute atomic E-state index is 12.0. The summed E-state index contributed by atoms with van der Waals surface area (Å²) in [5.41, 5.74) is 8.42. The van der Waals surface area contributed by atoms with E-state index < -0.39 is 0 Å². The molecular weight excluding hydrogens is 224 g/mol. The summed E-state index contributed by atoms with van der Waals surface area (Å²) < 4.78 is 0. The van der Waals surface area contributed by atoms with E-state index in [-0.39, 0.29) is 11.9 Å². The molecule has 1 aromatic rings. The molecule has 1 aliphatic rings. The number of hydrogen-bond acceptors (Lipinski definition) is 2. The lowest BCUT2D eigenvalue weighted by Gasteiger charge is -2.20. The van der Waals surface area contributed by atoms with Crippen LogP contribution in [0, 0.1) is 12.8 Å². The van der Waals surface area contributed by atoms with E-state index in [1.54, 1.807) is 4.90 Å². The fourth-order valence-corrected chi connectivity index (χ4v) is 2.18. The first kappa shape index (κ1) is 13.1. The minimum absolute atomic E-state index is 0.0526. The predicted molar refractivity (Wildman–Crippen MR) is 73.0 cm³/mol. The van der Waals surface area contributed by atoms with Gasteiger partial charge in [0.25, 0.3) is 0 Å². The topological polar surface area (TPSA) is 46.3 Å². The summed E-state index contributed by atoms with van der Waals surface area (Å²) in [6, 6.07) is 8.22. The Labute approximate surface area is 109 Å². The number of rotatable bonds is 5. The van der Waals surface area contributed by atoms with Crippen molar-refractivity contribution >= 4 is 5.91 Å². The summed E-state index contributed by atoms with van der Waals surface area (Å²) in [6.45, 7) is 2.74. The molecule has 1 saturated carbocycles. The van der Waals surface area contributed by atoms with E-state index in [9.17, 15) is 4.79 Å². The Morgan fingerprint density at radius 3 is 2.72 bits per heavy atom. The molecule has 0 bridgehead atoms. The number of carbonyl (C=O) groups excluding carboxylic acids is 1. The number of amides is 1. The predicted octanol–water partition coefficient (Wildman–Crippen LogP) is 2.08. The number of carbonyl (C=O) groups is 1. The van der Waals surface area contributed by atoms with Gasteiger partial charge < -0.3 is 10.6 Å². The zero-order valence-corrected chi connectivity index (χ0v) is 11.2. The Bertz CT molecular complexity index is 426. The molecular formula is C15H22N2O. The minimum Gasteiger partial charge on any atom is -0.341 e. The third kappa shape index (κ3) is 3.33. The molecule has 0 heterocycles. The number of benzene rings is 1. The molecule has 1 amide bonds. The highest BCUT2D eigenvalue weighted by Crippen LogP contribution is 2.33. The van der Waals surface area contributed by atoms with E-state index in [1.165, 1.54) is 24.0 Å². The zero-order valence-electron chi connectivity index (χ0n) is 11.2. The van der Waals surface area contributed by atoms with Crippen molar-refractivity contribution in [1.29, 1.82) is 0 Å². The lowest BCUT2D eigenvalue weighted by atomic mass is 10.1. The van der Waals surface area contributed by atoms with E-state index in [4.69, 9.17) is 5.73 Å². The van der Waals surface area contributed by atoms with E-state index in [0.29, 0.717) is 18.9 Å². The van der Waals surface area contributed by atoms with E-state index in [1.807, 2.05) is 19.2 Å². The molecule has 0 radical (unpaired) electrons. The van der Waals surface area contributed by atoms with Crippen LogP contribution in [0.25, 0.3) is 0 Å². The fourth-order valence-electron chi connectivity index (χ4n) is 2.18. The second-order valence-corrected chi connectivity index (χ2v) is 5.38. The second-order valence-electron chi connectivity index (χ2n) is 5.38. The van der Waals surface area contributed by atoms with Gasteiger partial charge in [-0.1, -0.05) is 24.3 Å². The van der Waals surface area contributed by atoms with Crippen LogP contribution in [0.2, 0.25) is 0 Å². The Morgan fingerprint density at radius 2 is 2.11 bits per heavy atom. The third-order valence-corrected chi connectivity index (χ3v) is 3.73. The van der Waals surface area contributed by atoms with Crippen molar-refractivity contribution in [3.8, 4) is 0 Å². The van der Waals surface area contributed by atoms with Crippen molar-refractivity contribution in [2.75, 3.05) is 7.05 Å². The molecule has 0 saturated heterocycles. The molecule has 1 aromatic carbocycles. The largest absolute Gasteiger partial charge is 0.341 e. The Hall–Kier alpha value is -1.35. The van der Waals surface area contributed by atoms with Crippen LogP contribution < -0.4 is 5.73 Å². The standard InChI is InChI=1S/C15H22N2O/c1-11-5-3-4-6-13(11)10-17(2)15(18)9-14(16)12-7-8-12/h3-6,12,14H,7-10,16H2,1-2H3. The van der Waals surface area contributed by atoms with Crippen molar-refractivity contribution in [1.82, 2.24) is 4.90 Å². The van der Waals surface area contributed by atoms with Crippen LogP contribution in [0.1, 0.15) is 30.4 Å².